The highest BCUT2D eigenvalue weighted by atomic mass is 16.6. The summed E-state index contributed by atoms with van der Waals surface area (Å²) in [5.41, 5.74) is 1.91. The molecule has 0 unspecified atom stereocenters. The molecule has 2 aliphatic heterocycles. The largest absolute Gasteiger partial charge is 0.497 e. The van der Waals surface area contributed by atoms with E-state index in [1.807, 2.05) is 29.2 Å². The van der Waals surface area contributed by atoms with Crippen molar-refractivity contribution in [1.29, 1.82) is 0 Å². The molecule has 2 aliphatic rings. The van der Waals surface area contributed by atoms with Gasteiger partial charge in [0, 0.05) is 38.3 Å². The average Bonchev–Trinajstić information content (AvgIpc) is 2.74. The molecule has 0 radical (unpaired) electrons. The number of fused-ring (bicyclic) bond motifs is 1. The highest BCUT2D eigenvalue weighted by Gasteiger charge is 2.23. The molecular weight excluding hydrogens is 344 g/mol. The van der Waals surface area contributed by atoms with Crippen molar-refractivity contribution in [2.45, 2.75) is 6.54 Å². The maximum Gasteiger partial charge on any atom is 0.254 e. The van der Waals surface area contributed by atoms with Gasteiger partial charge in [-0.1, -0.05) is 12.1 Å². The van der Waals surface area contributed by atoms with Crippen molar-refractivity contribution in [2.75, 3.05) is 46.5 Å². The van der Waals surface area contributed by atoms with Gasteiger partial charge in [-0.3, -0.25) is 9.69 Å². The number of rotatable bonds is 4. The maximum atomic E-state index is 12.8. The molecule has 2 aromatic rings. The summed E-state index contributed by atoms with van der Waals surface area (Å²) in [4.78, 5) is 17.1. The summed E-state index contributed by atoms with van der Waals surface area (Å²) in [6, 6.07) is 13.6. The topological polar surface area (TPSA) is 51.2 Å². The number of nitrogens with zero attached hydrogens (tertiary/aromatic N) is 2. The number of hydrogen-bond acceptors (Lipinski definition) is 5. The Hall–Kier alpha value is -2.73. The zero-order valence-electron chi connectivity index (χ0n) is 15.5. The molecule has 4 rings (SSSR count). The van der Waals surface area contributed by atoms with Crippen LogP contribution in [-0.4, -0.2) is 62.2 Å². The molecule has 1 amide bonds. The molecule has 1 saturated heterocycles. The van der Waals surface area contributed by atoms with Gasteiger partial charge in [0.25, 0.3) is 5.91 Å². The van der Waals surface area contributed by atoms with Gasteiger partial charge >= 0.3 is 0 Å². The van der Waals surface area contributed by atoms with Gasteiger partial charge in [-0.05, 0) is 35.9 Å². The van der Waals surface area contributed by atoms with Gasteiger partial charge < -0.3 is 19.1 Å². The normalized spacial score (nSPS) is 16.9. The van der Waals surface area contributed by atoms with Crippen LogP contribution < -0.4 is 14.2 Å². The molecule has 142 valence electrons. The van der Waals surface area contributed by atoms with E-state index in [-0.39, 0.29) is 5.91 Å². The lowest BCUT2D eigenvalue weighted by molar-refractivity contribution is 0.0627. The van der Waals surface area contributed by atoms with Crippen molar-refractivity contribution in [3.63, 3.8) is 0 Å². The molecule has 6 nitrogen and oxygen atoms in total. The van der Waals surface area contributed by atoms with Gasteiger partial charge in [0.05, 0.1) is 7.11 Å². The van der Waals surface area contributed by atoms with Crippen LogP contribution in [0.25, 0.3) is 0 Å². The van der Waals surface area contributed by atoms with Crippen LogP contribution in [0, 0.1) is 0 Å². The standard InChI is InChI=1S/C21H24N2O4/c1-25-18-5-2-16(3-6-18)15-22-8-10-23(11-9-22)21(24)17-4-7-19-20(14-17)27-13-12-26-19/h2-7,14H,8-13,15H2,1H3. The predicted octanol–water partition coefficient (Wildman–Crippen LogP) is 2.42. The third-order valence-corrected chi connectivity index (χ3v) is 5.01. The van der Waals surface area contributed by atoms with Crippen LogP contribution in [0.2, 0.25) is 0 Å². The minimum absolute atomic E-state index is 0.0519. The minimum atomic E-state index is 0.0519. The molecule has 0 saturated carbocycles. The van der Waals surface area contributed by atoms with Gasteiger partial charge in [0.2, 0.25) is 0 Å². The van der Waals surface area contributed by atoms with Crippen molar-refractivity contribution in [2.24, 2.45) is 0 Å². The van der Waals surface area contributed by atoms with Gasteiger partial charge in [-0.15, -0.1) is 0 Å². The van der Waals surface area contributed by atoms with Gasteiger partial charge in [0.15, 0.2) is 11.5 Å². The predicted molar refractivity (Wildman–Crippen MR) is 102 cm³/mol. The van der Waals surface area contributed by atoms with Crippen molar-refractivity contribution in [3.05, 3.63) is 53.6 Å². The Morgan fingerprint density at radius 1 is 0.963 bits per heavy atom. The maximum absolute atomic E-state index is 12.8. The first kappa shape index (κ1) is 17.7. The van der Waals surface area contributed by atoms with Gasteiger partial charge in [-0.2, -0.15) is 0 Å². The minimum Gasteiger partial charge on any atom is -0.497 e. The lowest BCUT2D eigenvalue weighted by Crippen LogP contribution is -2.48. The third-order valence-electron chi connectivity index (χ3n) is 5.01. The Kier molecular flexibility index (Phi) is 5.16. The van der Waals surface area contributed by atoms with Crippen molar-refractivity contribution in [1.82, 2.24) is 9.80 Å². The first-order chi connectivity index (χ1) is 13.2. The molecule has 2 heterocycles. The number of methoxy groups -OCH3 is 1. The molecular formula is C21H24N2O4. The van der Waals surface area contributed by atoms with Crippen LogP contribution in [0.15, 0.2) is 42.5 Å². The summed E-state index contributed by atoms with van der Waals surface area (Å²) in [6.07, 6.45) is 0. The number of amides is 1. The van der Waals surface area contributed by atoms with E-state index in [1.54, 1.807) is 13.2 Å². The molecule has 2 aromatic carbocycles. The van der Waals surface area contributed by atoms with Crippen molar-refractivity contribution < 1.29 is 19.0 Å². The van der Waals surface area contributed by atoms with Crippen LogP contribution in [0.3, 0.4) is 0 Å². The summed E-state index contributed by atoms with van der Waals surface area (Å²) in [5.74, 6) is 2.29. The van der Waals surface area contributed by atoms with Crippen LogP contribution in [0.1, 0.15) is 15.9 Å². The fraction of sp³-hybridized carbons (Fsp3) is 0.381. The summed E-state index contributed by atoms with van der Waals surface area (Å²) < 4.78 is 16.3. The van der Waals surface area contributed by atoms with Crippen LogP contribution in [0.5, 0.6) is 17.2 Å². The Morgan fingerprint density at radius 3 is 2.37 bits per heavy atom. The second-order valence-electron chi connectivity index (χ2n) is 6.77. The monoisotopic (exact) mass is 368 g/mol. The second-order valence-corrected chi connectivity index (χ2v) is 6.77. The Balaban J connectivity index is 1.33. The zero-order chi connectivity index (χ0) is 18.6. The van der Waals surface area contributed by atoms with Crippen molar-refractivity contribution in [3.8, 4) is 17.2 Å². The fourth-order valence-electron chi connectivity index (χ4n) is 3.46. The summed E-state index contributed by atoms with van der Waals surface area (Å²) in [7, 11) is 1.67. The number of benzene rings is 2. The van der Waals surface area contributed by atoms with Gasteiger partial charge in [0.1, 0.15) is 19.0 Å². The van der Waals surface area contributed by atoms with E-state index in [9.17, 15) is 4.79 Å². The molecule has 0 aliphatic carbocycles. The Morgan fingerprint density at radius 2 is 1.67 bits per heavy atom. The SMILES string of the molecule is COc1ccc(CN2CCN(C(=O)c3ccc4c(c3)OCCO4)CC2)cc1. The van der Waals surface area contributed by atoms with Crippen LogP contribution in [-0.2, 0) is 6.54 Å². The van der Waals surface area contributed by atoms with E-state index in [0.717, 1.165) is 38.5 Å². The van der Waals surface area contributed by atoms with Crippen LogP contribution in [0.4, 0.5) is 0 Å². The summed E-state index contributed by atoms with van der Waals surface area (Å²) in [5, 5.41) is 0. The first-order valence-electron chi connectivity index (χ1n) is 9.27. The number of carbonyl (C=O) groups excluding carboxylic acids is 1. The van der Waals surface area contributed by atoms with E-state index in [2.05, 4.69) is 17.0 Å². The average molecular weight is 368 g/mol. The second kappa shape index (κ2) is 7.88. The van der Waals surface area contributed by atoms with E-state index >= 15 is 0 Å². The Bertz CT molecular complexity index is 798. The Labute approximate surface area is 159 Å². The number of ether oxygens (including phenoxy) is 3. The summed E-state index contributed by atoms with van der Waals surface area (Å²) >= 11 is 0. The van der Waals surface area contributed by atoms with Crippen LogP contribution >= 0.6 is 0 Å². The first-order valence-corrected chi connectivity index (χ1v) is 9.27. The molecule has 0 atom stereocenters. The van der Waals surface area contributed by atoms with E-state index < -0.39 is 0 Å². The van der Waals surface area contributed by atoms with E-state index in [1.165, 1.54) is 5.56 Å². The zero-order valence-corrected chi connectivity index (χ0v) is 15.5. The number of hydrogen-bond donors (Lipinski definition) is 0. The highest BCUT2D eigenvalue weighted by Crippen LogP contribution is 2.31. The number of carbonyl (C=O) groups is 1. The van der Waals surface area contributed by atoms with Crippen molar-refractivity contribution >= 4 is 5.91 Å². The molecule has 1 fully saturated rings. The lowest BCUT2D eigenvalue weighted by atomic mass is 10.1. The molecule has 27 heavy (non-hydrogen) atoms. The lowest BCUT2D eigenvalue weighted by Gasteiger charge is -2.35. The van der Waals surface area contributed by atoms with E-state index in [0.29, 0.717) is 30.3 Å². The third kappa shape index (κ3) is 4.01. The quantitative estimate of drug-likeness (QED) is 0.830. The highest BCUT2D eigenvalue weighted by molar-refractivity contribution is 5.95. The smallest absolute Gasteiger partial charge is 0.254 e. The van der Waals surface area contributed by atoms with E-state index in [4.69, 9.17) is 14.2 Å². The van der Waals surface area contributed by atoms with Gasteiger partial charge in [-0.25, -0.2) is 0 Å². The summed E-state index contributed by atoms with van der Waals surface area (Å²) in [6.45, 7) is 5.14. The molecule has 0 bridgehead atoms. The fourth-order valence-corrected chi connectivity index (χ4v) is 3.46. The number of piperazine rings is 1. The molecule has 0 spiro atoms. The molecule has 0 N–H and O–H groups in total. The molecule has 0 aromatic heterocycles. The molecule has 6 heteroatoms.